The van der Waals surface area contributed by atoms with E-state index in [1.165, 1.54) is 0 Å². The van der Waals surface area contributed by atoms with Crippen LogP contribution in [0.3, 0.4) is 0 Å². The van der Waals surface area contributed by atoms with E-state index in [0.717, 1.165) is 0 Å². The van der Waals surface area contributed by atoms with Gasteiger partial charge in [0.1, 0.15) is 6.61 Å². The molecule has 0 aliphatic heterocycles. The van der Waals surface area contributed by atoms with E-state index < -0.39 is 8.03 Å². The van der Waals surface area contributed by atoms with Gasteiger partial charge in [-0.2, -0.15) is 0 Å². The Bertz CT molecular complexity index is 134. The Hall–Kier alpha value is 0.0200. The van der Waals surface area contributed by atoms with Crippen molar-refractivity contribution >= 4 is 8.03 Å². The van der Waals surface area contributed by atoms with Gasteiger partial charge >= 0.3 is 8.03 Å². The monoisotopic (exact) mass is 193 g/mol. The van der Waals surface area contributed by atoms with Crippen LogP contribution in [0, 0.1) is 0 Å². The fourth-order valence-corrected chi connectivity index (χ4v) is 1.11. The van der Waals surface area contributed by atoms with Crippen molar-refractivity contribution < 1.29 is 13.8 Å². The van der Waals surface area contributed by atoms with Crippen LogP contribution in [-0.4, -0.2) is 25.0 Å². The molecule has 0 saturated carbocycles. The lowest BCUT2D eigenvalue weighted by molar-refractivity contribution is 0.0568. The molecule has 1 atom stereocenters. The minimum atomic E-state index is -1.50. The third-order valence-electron chi connectivity index (χ3n) is 1.17. The van der Waals surface area contributed by atoms with Crippen LogP contribution in [0.4, 0.5) is 0 Å². The van der Waals surface area contributed by atoms with Crippen molar-refractivity contribution in [1.82, 2.24) is 0 Å². The van der Waals surface area contributed by atoms with Gasteiger partial charge in [-0.15, -0.1) is 4.52 Å². The van der Waals surface area contributed by atoms with Gasteiger partial charge in [-0.05, 0) is 32.3 Å². The molecular formula is C8H18O3P+. The van der Waals surface area contributed by atoms with Gasteiger partial charge in [-0.1, -0.05) is 0 Å². The highest BCUT2D eigenvalue weighted by atomic mass is 31.1. The highest BCUT2D eigenvalue weighted by Gasteiger charge is 2.22. The normalized spacial score (nSPS) is 12.7. The van der Waals surface area contributed by atoms with Crippen LogP contribution < -0.4 is 0 Å². The highest BCUT2D eigenvalue weighted by Crippen LogP contribution is 2.27. The van der Waals surface area contributed by atoms with E-state index in [4.69, 9.17) is 9.26 Å². The lowest BCUT2D eigenvalue weighted by Crippen LogP contribution is -2.08. The summed E-state index contributed by atoms with van der Waals surface area (Å²) < 4.78 is 21.3. The van der Waals surface area contributed by atoms with Crippen LogP contribution in [0.15, 0.2) is 0 Å². The molecule has 0 aliphatic carbocycles. The number of hydrogen-bond acceptors (Lipinski definition) is 3. The zero-order valence-electron chi connectivity index (χ0n) is 8.24. The van der Waals surface area contributed by atoms with Crippen LogP contribution in [0.1, 0.15) is 27.7 Å². The first kappa shape index (κ1) is 12.0. The van der Waals surface area contributed by atoms with E-state index in [1.807, 2.05) is 27.7 Å². The van der Waals surface area contributed by atoms with E-state index >= 15 is 0 Å². The minimum Gasteiger partial charge on any atom is -0.376 e. The molecule has 0 aromatic carbocycles. The molecule has 72 valence electrons. The van der Waals surface area contributed by atoms with Crippen molar-refractivity contribution in [1.29, 1.82) is 0 Å². The molecule has 0 radical (unpaired) electrons. The number of ether oxygens (including phenoxy) is 1. The third-order valence-corrected chi connectivity index (χ3v) is 2.46. The van der Waals surface area contributed by atoms with Crippen LogP contribution in [0.25, 0.3) is 0 Å². The molecule has 3 nitrogen and oxygen atoms in total. The van der Waals surface area contributed by atoms with Crippen LogP contribution in [-0.2, 0) is 13.8 Å². The quantitative estimate of drug-likeness (QED) is 0.480. The molecule has 4 heteroatoms. The first-order valence-electron chi connectivity index (χ1n) is 4.25. The van der Waals surface area contributed by atoms with Crippen molar-refractivity contribution in [3.05, 3.63) is 0 Å². The van der Waals surface area contributed by atoms with Gasteiger partial charge in [0, 0.05) is 0 Å². The molecule has 0 spiro atoms. The first-order valence-corrected chi connectivity index (χ1v) is 5.49. The molecule has 0 aromatic heterocycles. The van der Waals surface area contributed by atoms with Crippen molar-refractivity contribution in [2.24, 2.45) is 0 Å². The van der Waals surface area contributed by atoms with E-state index in [1.54, 1.807) is 0 Å². The third kappa shape index (κ3) is 6.71. The number of hydrogen-bond donors (Lipinski definition) is 0. The topological polar surface area (TPSA) is 35.5 Å². The Morgan fingerprint density at radius 1 is 1.17 bits per heavy atom. The maximum atomic E-state index is 11.1. The van der Waals surface area contributed by atoms with Crippen LogP contribution in [0.5, 0.6) is 0 Å². The lowest BCUT2D eigenvalue weighted by atomic mass is 10.5. The molecule has 0 amide bonds. The Balaban J connectivity index is 3.26. The van der Waals surface area contributed by atoms with Crippen molar-refractivity contribution in [3.63, 3.8) is 0 Å². The van der Waals surface area contributed by atoms with E-state index in [9.17, 15) is 4.57 Å². The summed E-state index contributed by atoms with van der Waals surface area (Å²) in [5, 5.41) is 0. The lowest BCUT2D eigenvalue weighted by Gasteiger charge is -2.03. The Labute approximate surface area is 75.3 Å². The molecule has 0 N–H and O–H groups in total. The summed E-state index contributed by atoms with van der Waals surface area (Å²) in [7, 11) is -1.50. The minimum absolute atomic E-state index is 0.0963. The summed E-state index contributed by atoms with van der Waals surface area (Å²) in [6.45, 7) is 8.62. The molecule has 0 fully saturated rings. The highest BCUT2D eigenvalue weighted by molar-refractivity contribution is 7.39. The average molecular weight is 193 g/mol. The van der Waals surface area contributed by atoms with E-state index in [0.29, 0.717) is 13.2 Å². The van der Waals surface area contributed by atoms with Gasteiger partial charge in [-0.25, -0.2) is 0 Å². The Morgan fingerprint density at radius 2 is 1.75 bits per heavy atom. The van der Waals surface area contributed by atoms with Gasteiger partial charge in [0.05, 0.1) is 12.7 Å². The van der Waals surface area contributed by atoms with Gasteiger partial charge < -0.3 is 4.74 Å². The summed E-state index contributed by atoms with van der Waals surface area (Å²) >= 11 is 0. The molecule has 1 unspecified atom stereocenters. The maximum absolute atomic E-state index is 11.1. The number of rotatable bonds is 6. The zero-order valence-corrected chi connectivity index (χ0v) is 9.14. The predicted octanol–water partition coefficient (Wildman–Crippen LogP) is 2.58. The molecule has 0 aliphatic rings. The van der Waals surface area contributed by atoms with Gasteiger partial charge in [0.25, 0.3) is 0 Å². The van der Waals surface area contributed by atoms with Gasteiger partial charge in [0.15, 0.2) is 5.66 Å². The Morgan fingerprint density at radius 3 is 2.17 bits per heavy atom. The molecule has 0 rings (SSSR count). The smallest absolute Gasteiger partial charge is 0.376 e. The summed E-state index contributed by atoms with van der Waals surface area (Å²) in [5.74, 6) is 0. The molecular weight excluding hydrogens is 175 g/mol. The molecule has 12 heavy (non-hydrogen) atoms. The standard InChI is InChI=1S/C8H18O3P/c1-7(2)10-5-6-11-12(9)8(3)4/h7-8H,5-6H2,1-4H3/q+1. The van der Waals surface area contributed by atoms with Crippen molar-refractivity contribution in [2.45, 2.75) is 39.5 Å². The van der Waals surface area contributed by atoms with Gasteiger partial charge in [0.2, 0.25) is 0 Å². The molecule has 0 saturated heterocycles. The summed E-state index contributed by atoms with van der Waals surface area (Å²) in [6.07, 6.45) is 0.213. The first-order chi connectivity index (χ1) is 5.54. The second-order valence-corrected chi connectivity index (χ2v) is 4.99. The zero-order chi connectivity index (χ0) is 9.56. The SMILES string of the molecule is CC(C)OCCO[P+](=O)C(C)C. The second-order valence-electron chi connectivity index (χ2n) is 3.13. The second kappa shape index (κ2) is 6.53. The van der Waals surface area contributed by atoms with E-state index in [2.05, 4.69) is 0 Å². The van der Waals surface area contributed by atoms with Gasteiger partial charge in [-0.3, -0.25) is 0 Å². The van der Waals surface area contributed by atoms with Crippen LogP contribution >= 0.6 is 8.03 Å². The summed E-state index contributed by atoms with van der Waals surface area (Å²) in [6, 6.07) is 0. The van der Waals surface area contributed by atoms with Crippen molar-refractivity contribution in [3.8, 4) is 0 Å². The largest absolute Gasteiger partial charge is 0.510 e. The maximum Gasteiger partial charge on any atom is 0.510 e. The molecule has 0 aromatic rings. The predicted molar refractivity (Wildman–Crippen MR) is 49.8 cm³/mol. The fraction of sp³-hybridized carbons (Fsp3) is 1.00. The summed E-state index contributed by atoms with van der Waals surface area (Å²) in [5.41, 5.74) is 0.0963. The molecule has 0 heterocycles. The van der Waals surface area contributed by atoms with Crippen LogP contribution in [0.2, 0.25) is 0 Å². The average Bonchev–Trinajstić information content (AvgIpc) is 1.97. The Kier molecular flexibility index (Phi) is 6.54. The van der Waals surface area contributed by atoms with E-state index in [-0.39, 0.29) is 11.8 Å². The summed E-state index contributed by atoms with van der Waals surface area (Å²) in [4.78, 5) is 0. The fourth-order valence-electron chi connectivity index (χ4n) is 0.560. The van der Waals surface area contributed by atoms with Crippen molar-refractivity contribution in [2.75, 3.05) is 13.2 Å². The molecule has 0 bridgehead atoms.